The van der Waals surface area contributed by atoms with E-state index in [9.17, 15) is 0 Å². The first-order valence-electron chi connectivity index (χ1n) is 6.51. The highest BCUT2D eigenvalue weighted by molar-refractivity contribution is 7.09. The molecule has 0 saturated carbocycles. The highest BCUT2D eigenvalue weighted by Crippen LogP contribution is 2.28. The van der Waals surface area contributed by atoms with Crippen LogP contribution in [0.25, 0.3) is 21.7 Å². The highest BCUT2D eigenvalue weighted by atomic mass is 32.1. The fourth-order valence-electron chi connectivity index (χ4n) is 2.32. The van der Waals surface area contributed by atoms with E-state index < -0.39 is 0 Å². The minimum Gasteiger partial charge on any atom is -0.363 e. The fraction of sp³-hybridized carbons (Fsp3) is 0.0667. The van der Waals surface area contributed by atoms with Gasteiger partial charge in [0, 0.05) is 52.5 Å². The van der Waals surface area contributed by atoms with Crippen molar-refractivity contribution < 1.29 is 0 Å². The molecule has 0 aromatic carbocycles. The van der Waals surface area contributed by atoms with E-state index in [-0.39, 0.29) is 0 Å². The number of pyridine rings is 3. The largest absolute Gasteiger partial charge is 0.363 e. The molecule has 1 N–H and O–H groups in total. The quantitative estimate of drug-likeness (QED) is 0.587. The van der Waals surface area contributed by atoms with E-state index in [1.807, 2.05) is 36.1 Å². The number of aromatic nitrogens is 4. The molecule has 0 unspecified atom stereocenters. The minimum absolute atomic E-state index is 0.665. The molecule has 21 heavy (non-hydrogen) atoms. The van der Waals surface area contributed by atoms with Crippen LogP contribution in [0.1, 0.15) is 5.01 Å². The molecule has 0 aliphatic heterocycles. The van der Waals surface area contributed by atoms with Crippen molar-refractivity contribution in [2.24, 2.45) is 0 Å². The molecular weight excluding hydrogens is 282 g/mol. The third-order valence-electron chi connectivity index (χ3n) is 3.29. The number of hydrogen-bond donors (Lipinski definition) is 1. The molecule has 4 rings (SSSR count). The lowest BCUT2D eigenvalue weighted by Gasteiger charge is -2.10. The summed E-state index contributed by atoms with van der Waals surface area (Å²) in [6, 6.07) is 3.88. The van der Waals surface area contributed by atoms with Crippen LogP contribution in [-0.4, -0.2) is 19.9 Å². The maximum atomic E-state index is 4.70. The van der Waals surface area contributed by atoms with Gasteiger partial charge in [0.15, 0.2) is 0 Å². The number of nitrogens with zero attached hydrogens (tertiary/aromatic N) is 4. The van der Waals surface area contributed by atoms with E-state index in [1.54, 1.807) is 23.7 Å². The van der Waals surface area contributed by atoms with Crippen LogP contribution in [0.3, 0.4) is 0 Å². The van der Waals surface area contributed by atoms with Gasteiger partial charge in [-0.2, -0.15) is 0 Å². The Bertz CT molecular complexity index is 904. The molecule has 0 bridgehead atoms. The van der Waals surface area contributed by atoms with Crippen molar-refractivity contribution in [3.63, 3.8) is 0 Å². The van der Waals surface area contributed by atoms with Gasteiger partial charge in [-0.15, -0.1) is 11.3 Å². The summed E-state index contributed by atoms with van der Waals surface area (Å²) >= 11 is 1.63. The summed E-state index contributed by atoms with van der Waals surface area (Å²) < 4.78 is 0. The molecule has 0 aliphatic rings. The molecular formula is C15H11N5S. The summed E-state index contributed by atoms with van der Waals surface area (Å²) in [4.78, 5) is 17.4. The SMILES string of the molecule is c1cc2nc(NCc3nccs3)c3ccncc3c2cn1. The lowest BCUT2D eigenvalue weighted by molar-refractivity contribution is 1.09. The van der Waals surface area contributed by atoms with Gasteiger partial charge in [0.2, 0.25) is 0 Å². The van der Waals surface area contributed by atoms with E-state index in [0.29, 0.717) is 6.54 Å². The van der Waals surface area contributed by atoms with Gasteiger partial charge < -0.3 is 5.32 Å². The maximum absolute atomic E-state index is 4.70. The summed E-state index contributed by atoms with van der Waals surface area (Å²) in [6.07, 6.45) is 9.03. The smallest absolute Gasteiger partial charge is 0.135 e. The van der Waals surface area contributed by atoms with Crippen LogP contribution in [0.15, 0.2) is 48.5 Å². The second-order valence-corrected chi connectivity index (χ2v) is 5.53. The molecule has 102 valence electrons. The van der Waals surface area contributed by atoms with Gasteiger partial charge in [0.05, 0.1) is 12.1 Å². The third kappa shape index (κ3) is 2.19. The van der Waals surface area contributed by atoms with Crippen molar-refractivity contribution in [1.29, 1.82) is 0 Å². The highest BCUT2D eigenvalue weighted by Gasteiger charge is 2.08. The molecule has 6 heteroatoms. The molecule has 4 aromatic heterocycles. The Hall–Kier alpha value is -2.60. The Morgan fingerprint density at radius 2 is 1.81 bits per heavy atom. The summed E-state index contributed by atoms with van der Waals surface area (Å²) in [6.45, 7) is 0.665. The van der Waals surface area contributed by atoms with Crippen LogP contribution >= 0.6 is 11.3 Å². The second kappa shape index (κ2) is 5.06. The average molecular weight is 293 g/mol. The van der Waals surface area contributed by atoms with Crippen molar-refractivity contribution in [2.45, 2.75) is 6.54 Å². The van der Waals surface area contributed by atoms with Gasteiger partial charge in [0.25, 0.3) is 0 Å². The summed E-state index contributed by atoms with van der Waals surface area (Å²) in [5.74, 6) is 0.848. The molecule has 0 fully saturated rings. The normalized spacial score (nSPS) is 11.0. The number of anilines is 1. The molecule has 5 nitrogen and oxygen atoms in total. The van der Waals surface area contributed by atoms with Gasteiger partial charge in [0.1, 0.15) is 10.8 Å². The van der Waals surface area contributed by atoms with Crippen LogP contribution in [0.2, 0.25) is 0 Å². The number of hydrogen-bond acceptors (Lipinski definition) is 6. The summed E-state index contributed by atoms with van der Waals surface area (Å²) in [7, 11) is 0. The first kappa shape index (κ1) is 12.2. The maximum Gasteiger partial charge on any atom is 0.135 e. The van der Waals surface area contributed by atoms with Crippen molar-refractivity contribution in [3.05, 3.63) is 53.5 Å². The van der Waals surface area contributed by atoms with Gasteiger partial charge in [-0.05, 0) is 12.1 Å². The van der Waals surface area contributed by atoms with Gasteiger partial charge in [-0.1, -0.05) is 0 Å². The van der Waals surface area contributed by atoms with E-state index in [1.165, 1.54) is 0 Å². The molecule has 0 spiro atoms. The molecule has 0 atom stereocenters. The van der Waals surface area contributed by atoms with Crippen LogP contribution < -0.4 is 5.32 Å². The van der Waals surface area contributed by atoms with Crippen LogP contribution in [-0.2, 0) is 6.54 Å². The number of rotatable bonds is 3. The van der Waals surface area contributed by atoms with Crippen LogP contribution in [0.5, 0.6) is 0 Å². The summed E-state index contributed by atoms with van der Waals surface area (Å²) in [5, 5.41) is 9.49. The van der Waals surface area contributed by atoms with E-state index in [0.717, 1.165) is 32.5 Å². The lowest BCUT2D eigenvalue weighted by Crippen LogP contribution is -2.02. The summed E-state index contributed by atoms with van der Waals surface area (Å²) in [5.41, 5.74) is 0.909. The predicted octanol–water partition coefficient (Wildman–Crippen LogP) is 3.25. The van der Waals surface area contributed by atoms with E-state index >= 15 is 0 Å². The molecule has 4 heterocycles. The number of fused-ring (bicyclic) bond motifs is 3. The zero-order valence-electron chi connectivity index (χ0n) is 11.0. The van der Waals surface area contributed by atoms with Crippen molar-refractivity contribution >= 4 is 38.8 Å². The topological polar surface area (TPSA) is 63.6 Å². The zero-order valence-corrected chi connectivity index (χ0v) is 11.8. The van der Waals surface area contributed by atoms with Crippen molar-refractivity contribution in [1.82, 2.24) is 19.9 Å². The standard InChI is InChI=1S/C15H11N5S/c1-3-16-7-11-10(1)15(19-9-14-18-5-6-21-14)20-13-2-4-17-8-12(11)13/h1-8H,9H2,(H,19,20). The predicted molar refractivity (Wildman–Crippen MR) is 84.3 cm³/mol. The third-order valence-corrected chi connectivity index (χ3v) is 4.07. The molecule has 0 radical (unpaired) electrons. The monoisotopic (exact) mass is 293 g/mol. The Morgan fingerprint density at radius 1 is 0.952 bits per heavy atom. The van der Waals surface area contributed by atoms with Gasteiger partial charge in [-0.25, -0.2) is 9.97 Å². The lowest BCUT2D eigenvalue weighted by atomic mass is 10.1. The zero-order chi connectivity index (χ0) is 14.1. The van der Waals surface area contributed by atoms with Crippen molar-refractivity contribution in [3.8, 4) is 0 Å². The average Bonchev–Trinajstić information content (AvgIpc) is 3.06. The van der Waals surface area contributed by atoms with E-state index in [4.69, 9.17) is 4.98 Å². The van der Waals surface area contributed by atoms with Gasteiger partial charge >= 0.3 is 0 Å². The van der Waals surface area contributed by atoms with Crippen LogP contribution in [0, 0.1) is 0 Å². The first-order chi connectivity index (χ1) is 10.4. The fourth-order valence-corrected chi connectivity index (χ4v) is 2.88. The molecule has 0 saturated heterocycles. The van der Waals surface area contributed by atoms with Crippen LogP contribution in [0.4, 0.5) is 5.82 Å². The number of nitrogens with one attached hydrogen (secondary N) is 1. The Morgan fingerprint density at radius 3 is 2.67 bits per heavy atom. The molecule has 0 aliphatic carbocycles. The molecule has 4 aromatic rings. The second-order valence-electron chi connectivity index (χ2n) is 4.55. The van der Waals surface area contributed by atoms with Gasteiger partial charge in [-0.3, -0.25) is 9.97 Å². The first-order valence-corrected chi connectivity index (χ1v) is 7.39. The van der Waals surface area contributed by atoms with E-state index in [2.05, 4.69) is 20.3 Å². The molecule has 0 amide bonds. The minimum atomic E-state index is 0.665. The number of thiazole rings is 1. The Labute approximate surface area is 124 Å². The van der Waals surface area contributed by atoms with Crippen molar-refractivity contribution in [2.75, 3.05) is 5.32 Å². The Balaban J connectivity index is 1.86. The Kier molecular flexibility index (Phi) is 2.93.